The van der Waals surface area contributed by atoms with Gasteiger partial charge in [-0.05, 0) is 49.9 Å². The van der Waals surface area contributed by atoms with E-state index < -0.39 is 16.1 Å². The van der Waals surface area contributed by atoms with Crippen molar-refractivity contribution in [3.8, 4) is 0 Å². The highest BCUT2D eigenvalue weighted by Crippen LogP contribution is 2.70. The fourth-order valence-corrected chi connectivity index (χ4v) is 9.82. The molecule has 1 amide bonds. The molecule has 36 heavy (non-hydrogen) atoms. The molecule has 192 valence electrons. The van der Waals surface area contributed by atoms with E-state index in [1.165, 1.54) is 4.31 Å². The lowest BCUT2D eigenvalue weighted by molar-refractivity contribution is -0.130. The van der Waals surface area contributed by atoms with Crippen molar-refractivity contribution in [2.75, 3.05) is 11.6 Å². The standard InChI is InChI=1S/C29H35ClN2O3S/c1-28(2)23-16-17-29(28)20-36(34,35)32(25(29)19-23)27(33)24(15-9-10-18-30)31-26(21-11-5-3-6-12-21)22-13-7-4-8-14-22/h3-8,11-14,23-25H,9-10,15-20H2,1-2H3/t23-,24+,25-,29-/m1/s1/i24+2,27+2. The lowest BCUT2D eigenvalue weighted by atomic mass is 9.69. The van der Waals surface area contributed by atoms with Gasteiger partial charge in [-0.15, -0.1) is 11.6 Å². The minimum Gasteiger partial charge on any atom is -0.271 e. The molecule has 2 saturated carbocycles. The van der Waals surface area contributed by atoms with E-state index in [-0.39, 0.29) is 28.5 Å². The second-order valence-corrected chi connectivity index (χ2v) is 13.4. The number of nitrogens with zero attached hydrogens (tertiary/aromatic N) is 2. The van der Waals surface area contributed by atoms with Crippen LogP contribution in [-0.4, -0.2) is 48.1 Å². The Morgan fingerprint density at radius 1 is 1.08 bits per heavy atom. The summed E-state index contributed by atoms with van der Waals surface area (Å²) in [5.74, 6) is 0.649. The number of benzene rings is 2. The Bertz CT molecular complexity index is 1200. The molecule has 4 atom stereocenters. The molecule has 1 saturated heterocycles. The Morgan fingerprint density at radius 2 is 1.69 bits per heavy atom. The fourth-order valence-electron chi connectivity index (χ4n) is 7.06. The van der Waals surface area contributed by atoms with Crippen LogP contribution < -0.4 is 0 Å². The number of halogens is 1. The van der Waals surface area contributed by atoms with E-state index in [4.69, 9.17) is 16.6 Å². The summed E-state index contributed by atoms with van der Waals surface area (Å²) < 4.78 is 28.4. The number of sulfonamides is 1. The van der Waals surface area contributed by atoms with Crippen molar-refractivity contribution in [1.29, 1.82) is 0 Å². The summed E-state index contributed by atoms with van der Waals surface area (Å²) in [6, 6.07) is 18.6. The number of amides is 1. The van der Waals surface area contributed by atoms with Gasteiger partial charge in [0.25, 0.3) is 5.91 Å². The van der Waals surface area contributed by atoms with E-state index in [9.17, 15) is 13.2 Å². The first-order valence-corrected chi connectivity index (χ1v) is 15.2. The molecule has 5 nitrogen and oxygen atoms in total. The fraction of sp³-hybridized carbons (Fsp3) is 0.517. The first kappa shape index (κ1) is 25.5. The van der Waals surface area contributed by atoms with Crippen LogP contribution in [0.3, 0.4) is 0 Å². The number of hydrogen-bond acceptors (Lipinski definition) is 4. The summed E-state index contributed by atoms with van der Waals surface area (Å²) in [5.41, 5.74) is 2.08. The molecule has 0 aromatic heterocycles. The average molecular weight is 531 g/mol. The van der Waals surface area contributed by atoms with E-state index in [0.29, 0.717) is 30.4 Å². The van der Waals surface area contributed by atoms with Crippen molar-refractivity contribution in [3.63, 3.8) is 0 Å². The van der Waals surface area contributed by atoms with E-state index in [1.807, 2.05) is 60.7 Å². The molecular formula is C29H35ClN2O3S. The zero-order valence-electron chi connectivity index (χ0n) is 21.1. The van der Waals surface area contributed by atoms with Crippen LogP contribution in [0.5, 0.6) is 0 Å². The Morgan fingerprint density at radius 3 is 2.25 bits per heavy atom. The van der Waals surface area contributed by atoms with Crippen LogP contribution in [0.25, 0.3) is 0 Å². The molecular weight excluding hydrogens is 496 g/mol. The molecule has 3 fully saturated rings. The largest absolute Gasteiger partial charge is 0.271 e. The third-order valence-corrected chi connectivity index (χ3v) is 11.3. The Kier molecular flexibility index (Phi) is 6.80. The van der Waals surface area contributed by atoms with Crippen LogP contribution in [0.2, 0.25) is 0 Å². The predicted octanol–water partition coefficient (Wildman–Crippen LogP) is 5.67. The van der Waals surface area contributed by atoms with Crippen LogP contribution in [-0.2, 0) is 14.8 Å². The number of carbonyl (C=O) groups excluding carboxylic acids is 1. The van der Waals surface area contributed by atoms with Crippen molar-refractivity contribution in [3.05, 3.63) is 71.8 Å². The molecule has 2 bridgehead atoms. The van der Waals surface area contributed by atoms with Crippen molar-refractivity contribution in [2.45, 2.75) is 64.5 Å². The molecule has 1 spiro atoms. The number of unbranched alkanes of at least 4 members (excludes halogenated alkanes) is 1. The topological polar surface area (TPSA) is 66.8 Å². The molecule has 0 N–H and O–H groups in total. The number of hydrogen-bond donors (Lipinski definition) is 0. The summed E-state index contributed by atoms with van der Waals surface area (Å²) in [7, 11) is -3.71. The van der Waals surface area contributed by atoms with Crippen LogP contribution in [0.1, 0.15) is 63.5 Å². The van der Waals surface area contributed by atoms with Gasteiger partial charge < -0.3 is 0 Å². The Balaban J connectivity index is 1.56. The minimum atomic E-state index is -3.71. The second kappa shape index (κ2) is 9.60. The lowest BCUT2D eigenvalue weighted by Crippen LogP contribution is -2.47. The number of rotatable bonds is 8. The zero-order chi connectivity index (χ0) is 25.6. The second-order valence-electron chi connectivity index (χ2n) is 11.2. The molecule has 0 radical (unpaired) electrons. The summed E-state index contributed by atoms with van der Waals surface area (Å²) in [4.78, 5) is 19.2. The highest BCUT2D eigenvalue weighted by molar-refractivity contribution is 7.90. The molecule has 0 unspecified atom stereocenters. The zero-order valence-corrected chi connectivity index (χ0v) is 22.6. The van der Waals surface area contributed by atoms with Gasteiger partial charge >= 0.3 is 0 Å². The van der Waals surface area contributed by atoms with E-state index in [1.54, 1.807) is 0 Å². The van der Waals surface area contributed by atoms with Crippen LogP contribution >= 0.6 is 11.6 Å². The van der Waals surface area contributed by atoms with Gasteiger partial charge in [-0.1, -0.05) is 74.5 Å². The van der Waals surface area contributed by atoms with E-state index in [0.717, 1.165) is 36.8 Å². The van der Waals surface area contributed by atoms with Gasteiger partial charge in [0, 0.05) is 22.4 Å². The maximum atomic E-state index is 14.2. The Hall–Kier alpha value is -2.18. The molecule has 1 heterocycles. The summed E-state index contributed by atoms with van der Waals surface area (Å²) in [6.07, 6.45) is 4.61. The minimum absolute atomic E-state index is 0.0717. The summed E-state index contributed by atoms with van der Waals surface area (Å²) in [5, 5.41) is 0. The molecule has 3 aliphatic rings. The number of fused-ring (bicyclic) bond motifs is 1. The van der Waals surface area contributed by atoms with Crippen LogP contribution in [0, 0.1) is 16.7 Å². The highest BCUT2D eigenvalue weighted by atomic mass is 35.5. The highest BCUT2D eigenvalue weighted by Gasteiger charge is 2.72. The van der Waals surface area contributed by atoms with Crippen molar-refractivity contribution in [2.24, 2.45) is 21.7 Å². The number of carbonyl (C=O) groups is 1. The van der Waals surface area contributed by atoms with Gasteiger partial charge in [0.2, 0.25) is 10.0 Å². The SMILES string of the molecule is CC1(C)[C@@H]2CC[C@]13CS(=O)(=O)N([14C](=O)[14C@H](CCCCCl)N=C(c1ccccc1)c1ccccc1)[C@@H]3C2. The van der Waals surface area contributed by atoms with Gasteiger partial charge in [0.1, 0.15) is 6.04 Å². The molecule has 5 rings (SSSR count). The monoisotopic (exact) mass is 530 g/mol. The van der Waals surface area contributed by atoms with Gasteiger partial charge in [0.15, 0.2) is 0 Å². The van der Waals surface area contributed by atoms with Crippen molar-refractivity contribution >= 4 is 33.2 Å². The van der Waals surface area contributed by atoms with E-state index in [2.05, 4.69) is 13.8 Å². The number of alkyl halides is 1. The Labute approximate surface area is 220 Å². The first-order valence-electron chi connectivity index (χ1n) is 13.0. The molecule has 2 aromatic rings. The molecule has 1 aliphatic heterocycles. The van der Waals surface area contributed by atoms with Gasteiger partial charge in [-0.3, -0.25) is 9.79 Å². The normalized spacial score (nSPS) is 28.0. The van der Waals surface area contributed by atoms with Crippen molar-refractivity contribution < 1.29 is 13.2 Å². The number of aliphatic imine (C=N–C) groups is 1. The van der Waals surface area contributed by atoms with Gasteiger partial charge in [-0.2, -0.15) is 0 Å². The lowest BCUT2D eigenvalue weighted by Gasteiger charge is -2.37. The molecule has 7 heteroatoms. The quantitative estimate of drug-likeness (QED) is 0.251. The van der Waals surface area contributed by atoms with Gasteiger partial charge in [0.05, 0.1) is 17.5 Å². The van der Waals surface area contributed by atoms with Gasteiger partial charge in [-0.25, -0.2) is 12.7 Å². The summed E-state index contributed by atoms with van der Waals surface area (Å²) in [6.45, 7) is 4.40. The molecule has 2 aliphatic carbocycles. The average Bonchev–Trinajstić information content (AvgIpc) is 3.35. The maximum absolute atomic E-state index is 14.2. The molecule has 2 aromatic carbocycles. The smallest absolute Gasteiger partial charge is 0.261 e. The van der Waals surface area contributed by atoms with Crippen LogP contribution in [0.4, 0.5) is 0 Å². The predicted molar refractivity (Wildman–Crippen MR) is 145 cm³/mol. The maximum Gasteiger partial charge on any atom is 0.261 e. The van der Waals surface area contributed by atoms with Crippen molar-refractivity contribution in [1.82, 2.24) is 4.31 Å². The first-order chi connectivity index (χ1) is 17.2. The van der Waals surface area contributed by atoms with E-state index >= 15 is 0 Å². The summed E-state index contributed by atoms with van der Waals surface area (Å²) >= 11 is 5.95. The third kappa shape index (κ3) is 4.10. The third-order valence-electron chi connectivity index (χ3n) is 9.15. The van der Waals surface area contributed by atoms with Crippen LogP contribution in [0.15, 0.2) is 65.7 Å².